The van der Waals surface area contributed by atoms with E-state index in [4.69, 9.17) is 4.74 Å². The first-order valence-corrected chi connectivity index (χ1v) is 8.75. The number of benzene rings is 2. The minimum Gasteiger partial charge on any atom is -0.478 e. The number of H-pyrrole nitrogens is 1. The molecule has 0 radical (unpaired) electrons. The number of carboxylic acids is 1. The summed E-state index contributed by atoms with van der Waals surface area (Å²) < 4.78 is 17.9. The smallest absolute Gasteiger partial charge is 0.345 e. The predicted molar refractivity (Wildman–Crippen MR) is 101 cm³/mol. The first-order valence-electron chi connectivity index (χ1n) is 8.75. The summed E-state index contributed by atoms with van der Waals surface area (Å²) in [7, 11) is 0. The molecule has 4 rings (SSSR count). The predicted octanol–water partition coefficient (Wildman–Crippen LogP) is 2.63. The molecule has 3 N–H and O–H groups in total. The highest BCUT2D eigenvalue weighted by atomic mass is 19.1. The molecule has 0 amide bonds. The number of nitrogens with one attached hydrogen (secondary N) is 2. The number of carboxylic acid groups (broad SMARTS) is 1. The van der Waals surface area contributed by atoms with E-state index in [2.05, 4.69) is 10.3 Å². The second-order valence-electron chi connectivity index (χ2n) is 6.53. The van der Waals surface area contributed by atoms with Crippen LogP contribution in [0.5, 0.6) is 0 Å². The summed E-state index contributed by atoms with van der Waals surface area (Å²) in [4.78, 5) is 39.5. The van der Waals surface area contributed by atoms with Crippen molar-refractivity contribution in [2.75, 3.05) is 0 Å². The van der Waals surface area contributed by atoms with Crippen molar-refractivity contribution in [2.24, 2.45) is 0 Å². The Morgan fingerprint density at radius 1 is 1.07 bits per heavy atom. The Morgan fingerprint density at radius 2 is 1.79 bits per heavy atom. The van der Waals surface area contributed by atoms with Crippen molar-refractivity contribution >= 4 is 34.4 Å². The molecule has 2 aromatic carbocycles. The van der Waals surface area contributed by atoms with E-state index in [1.807, 2.05) is 24.3 Å². The molecule has 1 aliphatic rings. The lowest BCUT2D eigenvalue weighted by Crippen LogP contribution is -2.37. The largest absolute Gasteiger partial charge is 0.478 e. The van der Waals surface area contributed by atoms with Crippen LogP contribution in [0.15, 0.2) is 54.7 Å². The van der Waals surface area contributed by atoms with Crippen LogP contribution in [0.1, 0.15) is 21.6 Å². The number of ether oxygens (including phenoxy) is 1. The van der Waals surface area contributed by atoms with Crippen LogP contribution >= 0.6 is 0 Å². The van der Waals surface area contributed by atoms with Gasteiger partial charge in [-0.05, 0) is 35.9 Å². The van der Waals surface area contributed by atoms with E-state index in [9.17, 15) is 23.9 Å². The molecule has 1 aliphatic heterocycles. The number of hydrogen-bond acceptors (Lipinski definition) is 5. The van der Waals surface area contributed by atoms with Gasteiger partial charge >= 0.3 is 17.9 Å². The number of aromatic nitrogens is 1. The second-order valence-corrected chi connectivity index (χ2v) is 6.53. The summed E-state index contributed by atoms with van der Waals surface area (Å²) >= 11 is 0. The molecular weight excluding hydrogens is 379 g/mol. The molecule has 0 saturated heterocycles. The van der Waals surface area contributed by atoms with E-state index < -0.39 is 29.8 Å². The van der Waals surface area contributed by atoms with Gasteiger partial charge in [0.25, 0.3) is 0 Å². The van der Waals surface area contributed by atoms with Gasteiger partial charge in [0, 0.05) is 23.5 Å². The fourth-order valence-corrected chi connectivity index (χ4v) is 3.29. The van der Waals surface area contributed by atoms with Crippen LogP contribution < -0.4 is 5.32 Å². The van der Waals surface area contributed by atoms with Gasteiger partial charge in [0.1, 0.15) is 11.9 Å². The maximum absolute atomic E-state index is 13.0. The molecule has 29 heavy (non-hydrogen) atoms. The summed E-state index contributed by atoms with van der Waals surface area (Å²) in [5.74, 6) is -3.46. The van der Waals surface area contributed by atoms with Crippen molar-refractivity contribution in [3.8, 4) is 0 Å². The van der Waals surface area contributed by atoms with E-state index in [0.717, 1.165) is 23.0 Å². The highest BCUT2D eigenvalue weighted by molar-refractivity contribution is 6.17. The lowest BCUT2D eigenvalue weighted by Gasteiger charge is -2.14. The third-order valence-electron chi connectivity index (χ3n) is 4.71. The summed E-state index contributed by atoms with van der Waals surface area (Å²) in [5.41, 5.74) is 1.77. The van der Waals surface area contributed by atoms with Crippen molar-refractivity contribution < 1.29 is 28.6 Å². The van der Waals surface area contributed by atoms with Crippen LogP contribution in [0.25, 0.3) is 16.5 Å². The average molecular weight is 394 g/mol. The highest BCUT2D eigenvalue weighted by Gasteiger charge is 2.30. The second kappa shape index (κ2) is 7.23. The van der Waals surface area contributed by atoms with Gasteiger partial charge < -0.3 is 20.1 Å². The molecule has 0 fully saturated rings. The topological polar surface area (TPSA) is 108 Å². The Labute approximate surface area is 163 Å². The Bertz CT molecular complexity index is 1160. The molecule has 0 aliphatic carbocycles. The zero-order valence-electron chi connectivity index (χ0n) is 14.9. The minimum atomic E-state index is -1.17. The number of fused-ring (bicyclic) bond motifs is 3. The molecule has 7 nitrogen and oxygen atoms in total. The molecular formula is C21H15FN2O5. The zero-order chi connectivity index (χ0) is 20.5. The van der Waals surface area contributed by atoms with E-state index in [0.29, 0.717) is 11.3 Å². The summed E-state index contributed by atoms with van der Waals surface area (Å²) in [6.07, 6.45) is 1.33. The summed E-state index contributed by atoms with van der Waals surface area (Å²) in [6.45, 7) is 0. The third kappa shape index (κ3) is 3.47. The van der Waals surface area contributed by atoms with Crippen LogP contribution in [-0.2, 0) is 20.7 Å². The lowest BCUT2D eigenvalue weighted by atomic mass is 10.0. The van der Waals surface area contributed by atoms with E-state index >= 15 is 0 Å². The van der Waals surface area contributed by atoms with Gasteiger partial charge in [0.2, 0.25) is 0 Å². The van der Waals surface area contributed by atoms with Gasteiger partial charge in [-0.15, -0.1) is 0 Å². The number of aliphatic carboxylic acids is 1. The minimum absolute atomic E-state index is 0.0305. The van der Waals surface area contributed by atoms with Crippen LogP contribution in [0.4, 0.5) is 4.39 Å². The van der Waals surface area contributed by atoms with E-state index in [-0.39, 0.29) is 17.6 Å². The first-order chi connectivity index (χ1) is 13.9. The van der Waals surface area contributed by atoms with Crippen LogP contribution in [0, 0.1) is 5.82 Å². The molecule has 0 saturated carbocycles. The zero-order valence-corrected chi connectivity index (χ0v) is 14.9. The van der Waals surface area contributed by atoms with Crippen molar-refractivity contribution in [2.45, 2.75) is 12.5 Å². The third-order valence-corrected chi connectivity index (χ3v) is 4.71. The maximum atomic E-state index is 13.0. The van der Waals surface area contributed by atoms with Crippen LogP contribution in [0.3, 0.4) is 0 Å². The molecule has 3 aromatic rings. The maximum Gasteiger partial charge on any atom is 0.345 e. The van der Waals surface area contributed by atoms with Crippen LogP contribution in [0.2, 0.25) is 0 Å². The normalized spacial score (nSPS) is 15.6. The highest BCUT2D eigenvalue weighted by Crippen LogP contribution is 2.30. The number of aromatic amines is 1. The van der Waals surface area contributed by atoms with Crippen molar-refractivity contribution in [3.63, 3.8) is 0 Å². The lowest BCUT2D eigenvalue weighted by molar-refractivity contribution is -0.140. The standard InChI is InChI=1S/C21H15FN2O5/c22-12-7-5-11(6-8-12)20(27)29-21(28)17-9-14-13-3-1-2-4-16(13)24-18(14)15(10-23-17)19(25)26/h1-8,10,17,23-24H,9H2,(H,25,26). The number of carbonyl (C=O) groups excluding carboxylic acids is 2. The molecule has 1 aromatic heterocycles. The number of esters is 2. The van der Waals surface area contributed by atoms with Gasteiger partial charge in [0.05, 0.1) is 16.8 Å². The van der Waals surface area contributed by atoms with Gasteiger partial charge in [-0.25, -0.2) is 18.8 Å². The van der Waals surface area contributed by atoms with Crippen molar-refractivity contribution in [1.29, 1.82) is 0 Å². The fourth-order valence-electron chi connectivity index (χ4n) is 3.29. The van der Waals surface area contributed by atoms with Gasteiger partial charge in [0.15, 0.2) is 0 Å². The number of para-hydroxylation sites is 1. The summed E-state index contributed by atoms with van der Waals surface area (Å²) in [5, 5.41) is 13.1. The summed E-state index contributed by atoms with van der Waals surface area (Å²) in [6, 6.07) is 10.9. The molecule has 0 bridgehead atoms. The molecule has 1 atom stereocenters. The monoisotopic (exact) mass is 394 g/mol. The Kier molecular flexibility index (Phi) is 4.59. The molecule has 0 spiro atoms. The molecule has 1 unspecified atom stereocenters. The number of rotatable bonds is 3. The number of carbonyl (C=O) groups is 3. The van der Waals surface area contributed by atoms with E-state index in [1.165, 1.54) is 18.3 Å². The van der Waals surface area contributed by atoms with Gasteiger partial charge in [-0.2, -0.15) is 0 Å². The fraction of sp³-hybridized carbons (Fsp3) is 0.0952. The van der Waals surface area contributed by atoms with Crippen molar-refractivity contribution in [3.05, 3.63) is 77.4 Å². The Balaban J connectivity index is 1.64. The molecule has 8 heteroatoms. The Hall–Kier alpha value is -3.94. The Morgan fingerprint density at radius 3 is 2.52 bits per heavy atom. The molecule has 2 heterocycles. The average Bonchev–Trinajstić information content (AvgIpc) is 2.93. The number of hydrogen-bond donors (Lipinski definition) is 3. The van der Waals surface area contributed by atoms with Crippen LogP contribution in [-0.4, -0.2) is 34.0 Å². The van der Waals surface area contributed by atoms with Gasteiger partial charge in [-0.3, -0.25) is 0 Å². The number of halogens is 1. The SMILES string of the molecule is O=C(O)C1=CNC(C(=O)OC(=O)c2ccc(F)cc2)Cc2c1[nH]c1ccccc21. The first kappa shape index (κ1) is 18.4. The van der Waals surface area contributed by atoms with Crippen molar-refractivity contribution in [1.82, 2.24) is 10.3 Å². The van der Waals surface area contributed by atoms with E-state index in [1.54, 1.807) is 0 Å². The quantitative estimate of drug-likeness (QED) is 0.466. The molecule has 146 valence electrons. The van der Waals surface area contributed by atoms with Gasteiger partial charge in [-0.1, -0.05) is 18.2 Å².